The van der Waals surface area contributed by atoms with Crippen molar-refractivity contribution in [3.05, 3.63) is 81.9 Å². The van der Waals surface area contributed by atoms with Crippen LogP contribution in [0.25, 0.3) is 11.3 Å². The molecular formula is C24H22N2S. The normalized spacial score (nSPS) is 12.6. The van der Waals surface area contributed by atoms with Gasteiger partial charge in [-0.3, -0.25) is 0 Å². The number of nitriles is 1. The summed E-state index contributed by atoms with van der Waals surface area (Å²) in [5.41, 5.74) is 9.31. The van der Waals surface area contributed by atoms with Crippen LogP contribution in [0.3, 0.4) is 0 Å². The summed E-state index contributed by atoms with van der Waals surface area (Å²) in [5, 5.41) is 10.7. The first-order valence-corrected chi connectivity index (χ1v) is 10.4. The molecule has 0 unspecified atom stereocenters. The van der Waals surface area contributed by atoms with Crippen molar-refractivity contribution in [2.45, 2.75) is 43.9 Å². The number of nitrogens with zero attached hydrogens (tertiary/aromatic N) is 2. The molecule has 4 rings (SSSR count). The van der Waals surface area contributed by atoms with Gasteiger partial charge in [0, 0.05) is 11.3 Å². The Morgan fingerprint density at radius 2 is 1.74 bits per heavy atom. The van der Waals surface area contributed by atoms with Crippen molar-refractivity contribution in [3.8, 4) is 17.3 Å². The third-order valence-electron chi connectivity index (χ3n) is 5.24. The third kappa shape index (κ3) is 3.50. The van der Waals surface area contributed by atoms with E-state index in [0.29, 0.717) is 0 Å². The lowest BCUT2D eigenvalue weighted by molar-refractivity contribution is 0.910. The fraction of sp³-hybridized carbons (Fsp3) is 0.250. The summed E-state index contributed by atoms with van der Waals surface area (Å²) >= 11 is 1.68. The zero-order valence-corrected chi connectivity index (χ0v) is 16.6. The van der Waals surface area contributed by atoms with E-state index in [1.807, 2.05) is 0 Å². The predicted molar refractivity (Wildman–Crippen MR) is 112 cm³/mol. The fourth-order valence-electron chi connectivity index (χ4n) is 3.75. The summed E-state index contributed by atoms with van der Waals surface area (Å²) in [6.07, 6.45) is 3.11. The molecule has 0 aliphatic heterocycles. The van der Waals surface area contributed by atoms with Crippen LogP contribution in [0.15, 0.2) is 53.6 Å². The first-order valence-electron chi connectivity index (χ1n) is 9.37. The molecule has 0 saturated carbocycles. The molecule has 1 aliphatic rings. The molecule has 0 saturated heterocycles. The van der Waals surface area contributed by atoms with Crippen molar-refractivity contribution in [1.82, 2.24) is 4.98 Å². The molecule has 0 N–H and O–H groups in total. The van der Waals surface area contributed by atoms with Crippen LogP contribution in [0.4, 0.5) is 0 Å². The van der Waals surface area contributed by atoms with Gasteiger partial charge < -0.3 is 0 Å². The van der Waals surface area contributed by atoms with Crippen LogP contribution >= 0.6 is 11.8 Å². The highest BCUT2D eigenvalue weighted by Crippen LogP contribution is 2.38. The van der Waals surface area contributed by atoms with E-state index < -0.39 is 0 Å². The Labute approximate surface area is 165 Å². The molecule has 1 aliphatic carbocycles. The van der Waals surface area contributed by atoms with Gasteiger partial charge in [-0.25, -0.2) is 4.98 Å². The maximum Gasteiger partial charge on any atom is 0.115 e. The predicted octanol–water partition coefficient (Wildman–Crippen LogP) is 6.02. The van der Waals surface area contributed by atoms with Crippen molar-refractivity contribution in [2.24, 2.45) is 0 Å². The van der Waals surface area contributed by atoms with Gasteiger partial charge in [0.15, 0.2) is 0 Å². The molecule has 0 amide bonds. The Balaban J connectivity index is 1.77. The van der Waals surface area contributed by atoms with E-state index in [9.17, 15) is 5.26 Å². The van der Waals surface area contributed by atoms with Gasteiger partial charge in [-0.15, -0.1) is 11.8 Å². The van der Waals surface area contributed by atoms with Gasteiger partial charge in [0.1, 0.15) is 11.1 Å². The van der Waals surface area contributed by atoms with E-state index in [4.69, 9.17) is 4.98 Å². The van der Waals surface area contributed by atoms with Crippen LogP contribution in [-0.4, -0.2) is 4.98 Å². The van der Waals surface area contributed by atoms with Crippen molar-refractivity contribution in [1.29, 1.82) is 5.26 Å². The lowest BCUT2D eigenvalue weighted by Gasteiger charge is -2.15. The topological polar surface area (TPSA) is 36.7 Å². The summed E-state index contributed by atoms with van der Waals surface area (Å²) in [4.78, 5) is 5.02. The monoisotopic (exact) mass is 370 g/mol. The van der Waals surface area contributed by atoms with E-state index in [-0.39, 0.29) is 0 Å². The molecule has 2 nitrogen and oxygen atoms in total. The molecule has 0 spiro atoms. The Morgan fingerprint density at radius 3 is 2.48 bits per heavy atom. The van der Waals surface area contributed by atoms with Gasteiger partial charge >= 0.3 is 0 Å². The lowest BCUT2D eigenvalue weighted by atomic mass is 9.97. The first kappa shape index (κ1) is 17.8. The second-order valence-electron chi connectivity index (χ2n) is 7.15. The third-order valence-corrected chi connectivity index (χ3v) is 6.29. The van der Waals surface area contributed by atoms with Gasteiger partial charge in [0.25, 0.3) is 0 Å². The molecule has 0 fully saturated rings. The Hall–Kier alpha value is -2.57. The lowest BCUT2D eigenvalue weighted by Crippen LogP contribution is -2.01. The number of hydrogen-bond donors (Lipinski definition) is 0. The summed E-state index contributed by atoms with van der Waals surface area (Å²) in [6, 6.07) is 19.5. The SMILES string of the molecule is Cc1ccc(CSc2nc(-c3ccccc3C)c3c(c2C#N)CCC3)cc1. The molecule has 1 heterocycles. The average Bonchev–Trinajstić information content (AvgIpc) is 3.17. The number of rotatable bonds is 4. The summed E-state index contributed by atoms with van der Waals surface area (Å²) in [5.74, 6) is 0.827. The number of thioether (sulfide) groups is 1. The van der Waals surface area contributed by atoms with Crippen LogP contribution in [0.5, 0.6) is 0 Å². The van der Waals surface area contributed by atoms with Gasteiger partial charge in [-0.1, -0.05) is 54.1 Å². The number of benzene rings is 2. The highest BCUT2D eigenvalue weighted by molar-refractivity contribution is 7.98. The van der Waals surface area contributed by atoms with Crippen LogP contribution in [0, 0.1) is 25.2 Å². The Kier molecular flexibility index (Phi) is 5.01. The molecule has 3 aromatic rings. The van der Waals surface area contributed by atoms with Crippen molar-refractivity contribution >= 4 is 11.8 Å². The molecular weight excluding hydrogens is 348 g/mol. The van der Waals surface area contributed by atoms with E-state index in [2.05, 4.69) is 68.4 Å². The second kappa shape index (κ2) is 7.58. The number of aryl methyl sites for hydroxylation is 2. The number of fused-ring (bicyclic) bond motifs is 1. The summed E-state index contributed by atoms with van der Waals surface area (Å²) in [7, 11) is 0. The van der Waals surface area contributed by atoms with Crippen LogP contribution < -0.4 is 0 Å². The van der Waals surface area contributed by atoms with Gasteiger partial charge in [0.2, 0.25) is 0 Å². The molecule has 0 bridgehead atoms. The number of hydrogen-bond acceptors (Lipinski definition) is 3. The first-order chi connectivity index (χ1) is 13.2. The van der Waals surface area contributed by atoms with E-state index >= 15 is 0 Å². The molecule has 2 aromatic carbocycles. The van der Waals surface area contributed by atoms with E-state index in [0.717, 1.165) is 41.3 Å². The Bertz CT molecular complexity index is 1030. The van der Waals surface area contributed by atoms with Gasteiger partial charge in [0.05, 0.1) is 11.3 Å². The van der Waals surface area contributed by atoms with E-state index in [1.54, 1.807) is 11.8 Å². The molecule has 0 radical (unpaired) electrons. The molecule has 134 valence electrons. The maximum atomic E-state index is 9.83. The fourth-order valence-corrected chi connectivity index (χ4v) is 4.72. The zero-order chi connectivity index (χ0) is 18.8. The number of pyridine rings is 1. The number of aromatic nitrogens is 1. The minimum atomic E-state index is 0.789. The van der Waals surface area contributed by atoms with Gasteiger partial charge in [-0.2, -0.15) is 5.26 Å². The molecule has 3 heteroatoms. The highest BCUT2D eigenvalue weighted by Gasteiger charge is 2.24. The van der Waals surface area contributed by atoms with Gasteiger partial charge in [-0.05, 0) is 55.4 Å². The minimum Gasteiger partial charge on any atom is -0.240 e. The van der Waals surface area contributed by atoms with Crippen molar-refractivity contribution in [2.75, 3.05) is 0 Å². The van der Waals surface area contributed by atoms with Crippen LogP contribution in [0.1, 0.15) is 39.8 Å². The largest absolute Gasteiger partial charge is 0.240 e. The smallest absolute Gasteiger partial charge is 0.115 e. The second-order valence-corrected chi connectivity index (χ2v) is 8.12. The standard InChI is InChI=1S/C24H22N2S/c1-16-10-12-18(13-11-16)15-27-24-22(14-25)20-8-5-9-21(20)23(26-24)19-7-4-3-6-17(19)2/h3-4,6-7,10-13H,5,8-9,15H2,1-2H3. The highest BCUT2D eigenvalue weighted by atomic mass is 32.2. The molecule has 0 atom stereocenters. The average molecular weight is 371 g/mol. The summed E-state index contributed by atoms with van der Waals surface area (Å²) < 4.78 is 0. The van der Waals surface area contributed by atoms with Crippen LogP contribution in [-0.2, 0) is 18.6 Å². The molecule has 27 heavy (non-hydrogen) atoms. The Morgan fingerprint density at radius 1 is 1.00 bits per heavy atom. The minimum absolute atomic E-state index is 0.789. The van der Waals surface area contributed by atoms with Crippen molar-refractivity contribution in [3.63, 3.8) is 0 Å². The van der Waals surface area contributed by atoms with Crippen LogP contribution in [0.2, 0.25) is 0 Å². The maximum absolute atomic E-state index is 9.83. The molecule has 1 aromatic heterocycles. The van der Waals surface area contributed by atoms with Crippen molar-refractivity contribution < 1.29 is 0 Å². The zero-order valence-electron chi connectivity index (χ0n) is 15.7. The quantitative estimate of drug-likeness (QED) is 0.527. The summed E-state index contributed by atoms with van der Waals surface area (Å²) in [6.45, 7) is 4.23. The van der Waals surface area contributed by atoms with E-state index in [1.165, 1.54) is 33.4 Å².